The molecule has 0 bridgehead atoms. The molecule has 0 aliphatic carbocycles. The number of aryl methyl sites for hydroxylation is 2. The largest absolute Gasteiger partial charge is 0.482 e. The van der Waals surface area contributed by atoms with Crippen molar-refractivity contribution in [3.05, 3.63) is 48.4 Å². The average molecular weight is 354 g/mol. The van der Waals surface area contributed by atoms with Crippen LogP contribution >= 0.6 is 0 Å². The first-order chi connectivity index (χ1) is 12.6. The molecule has 3 heterocycles. The number of aromatic amines is 1. The van der Waals surface area contributed by atoms with Crippen LogP contribution < -0.4 is 4.74 Å². The van der Waals surface area contributed by atoms with E-state index in [-0.39, 0.29) is 5.91 Å². The van der Waals surface area contributed by atoms with Gasteiger partial charge in [0.15, 0.2) is 5.75 Å². The van der Waals surface area contributed by atoms with Gasteiger partial charge in [0.05, 0.1) is 25.5 Å². The van der Waals surface area contributed by atoms with Crippen LogP contribution in [0.5, 0.6) is 5.75 Å². The number of hydrogen-bond acceptors (Lipinski definition) is 4. The van der Waals surface area contributed by atoms with Crippen LogP contribution in [0.25, 0.3) is 10.9 Å². The summed E-state index contributed by atoms with van der Waals surface area (Å²) < 4.78 is 7.40. The second kappa shape index (κ2) is 6.84. The second-order valence-electron chi connectivity index (χ2n) is 6.73. The number of likely N-dealkylation sites (tertiary alicyclic amines) is 1. The second-order valence-corrected chi connectivity index (χ2v) is 6.73. The number of benzene rings is 1. The van der Waals surface area contributed by atoms with Gasteiger partial charge < -0.3 is 19.7 Å². The van der Waals surface area contributed by atoms with Gasteiger partial charge in [0, 0.05) is 30.6 Å². The van der Waals surface area contributed by atoms with Crippen LogP contribution in [0.3, 0.4) is 0 Å². The minimum absolute atomic E-state index is 0.0339. The van der Waals surface area contributed by atoms with Gasteiger partial charge in [-0.25, -0.2) is 0 Å². The first-order valence-corrected chi connectivity index (χ1v) is 8.76. The third kappa shape index (κ3) is 3.30. The molecule has 26 heavy (non-hydrogen) atoms. The third-order valence-electron chi connectivity index (χ3n) is 4.84. The molecular formula is C19H22N4O3. The standard InChI is InChI=1S/C19H22N4O3/c1-22-10-14(9-21-22)26-18-12-23(11-17(18)24)19(25)7-6-13-8-20-16-5-3-2-4-15(13)16/h2-5,8-10,17-18,20,24H,6-7,11-12H2,1H3/t17-,18-/m1/s1. The Morgan fingerprint density at radius 3 is 3.04 bits per heavy atom. The van der Waals surface area contributed by atoms with Gasteiger partial charge in [-0.3, -0.25) is 9.48 Å². The summed E-state index contributed by atoms with van der Waals surface area (Å²) in [6.07, 6.45) is 5.29. The number of aromatic nitrogens is 3. The van der Waals surface area contributed by atoms with Crippen molar-refractivity contribution < 1.29 is 14.6 Å². The normalized spacial score (nSPS) is 20.0. The highest BCUT2D eigenvalue weighted by Crippen LogP contribution is 2.21. The Balaban J connectivity index is 1.35. The van der Waals surface area contributed by atoms with E-state index in [1.165, 1.54) is 0 Å². The van der Waals surface area contributed by atoms with Gasteiger partial charge in [0.1, 0.15) is 12.2 Å². The van der Waals surface area contributed by atoms with E-state index in [1.54, 1.807) is 29.0 Å². The highest BCUT2D eigenvalue weighted by atomic mass is 16.5. The van der Waals surface area contributed by atoms with Crippen LogP contribution in [-0.4, -0.2) is 56.0 Å². The number of aliphatic hydroxyl groups excluding tert-OH is 1. The van der Waals surface area contributed by atoms with E-state index in [2.05, 4.69) is 16.1 Å². The fourth-order valence-corrected chi connectivity index (χ4v) is 3.45. The van der Waals surface area contributed by atoms with Gasteiger partial charge in [-0.1, -0.05) is 18.2 Å². The van der Waals surface area contributed by atoms with Gasteiger partial charge in [-0.15, -0.1) is 0 Å². The number of para-hydroxylation sites is 1. The fraction of sp³-hybridized carbons (Fsp3) is 0.368. The van der Waals surface area contributed by atoms with Crippen molar-refractivity contribution >= 4 is 16.8 Å². The molecule has 4 rings (SSSR count). The number of H-pyrrole nitrogens is 1. The van der Waals surface area contributed by atoms with Crippen molar-refractivity contribution in [3.63, 3.8) is 0 Å². The third-order valence-corrected chi connectivity index (χ3v) is 4.84. The molecule has 1 aliphatic rings. The predicted molar refractivity (Wildman–Crippen MR) is 96.8 cm³/mol. The minimum atomic E-state index is -0.688. The Labute approximate surface area is 151 Å². The first-order valence-electron chi connectivity index (χ1n) is 8.76. The van der Waals surface area contributed by atoms with E-state index in [1.807, 2.05) is 24.4 Å². The van der Waals surface area contributed by atoms with Crippen molar-refractivity contribution in [3.8, 4) is 5.75 Å². The average Bonchev–Trinajstić information content (AvgIpc) is 3.33. The van der Waals surface area contributed by atoms with Crippen molar-refractivity contribution in [2.45, 2.75) is 25.0 Å². The summed E-state index contributed by atoms with van der Waals surface area (Å²) in [4.78, 5) is 17.5. The number of ether oxygens (including phenoxy) is 1. The van der Waals surface area contributed by atoms with Gasteiger partial charge in [-0.05, 0) is 18.1 Å². The maximum absolute atomic E-state index is 12.6. The Morgan fingerprint density at radius 1 is 1.38 bits per heavy atom. The summed E-state index contributed by atoms with van der Waals surface area (Å²) in [7, 11) is 1.80. The number of fused-ring (bicyclic) bond motifs is 1. The number of carbonyl (C=O) groups is 1. The van der Waals surface area contributed by atoms with E-state index in [4.69, 9.17) is 4.74 Å². The maximum Gasteiger partial charge on any atom is 0.223 e. The molecule has 2 atom stereocenters. The summed E-state index contributed by atoms with van der Waals surface area (Å²) >= 11 is 0. The molecule has 136 valence electrons. The van der Waals surface area contributed by atoms with Crippen LogP contribution in [0.15, 0.2) is 42.9 Å². The summed E-state index contributed by atoms with van der Waals surface area (Å²) in [6, 6.07) is 8.07. The van der Waals surface area contributed by atoms with Crippen LogP contribution in [0.2, 0.25) is 0 Å². The molecule has 3 aromatic rings. The summed E-state index contributed by atoms with van der Waals surface area (Å²) in [6.45, 7) is 0.695. The molecule has 1 fully saturated rings. The summed E-state index contributed by atoms with van der Waals surface area (Å²) in [5.74, 6) is 0.635. The van der Waals surface area contributed by atoms with Crippen molar-refractivity contribution in [1.82, 2.24) is 19.7 Å². The molecule has 0 spiro atoms. The van der Waals surface area contributed by atoms with Crippen LogP contribution in [0.4, 0.5) is 0 Å². The molecule has 7 nitrogen and oxygen atoms in total. The Hall–Kier alpha value is -2.80. The Kier molecular flexibility index (Phi) is 4.38. The molecular weight excluding hydrogens is 332 g/mol. The van der Waals surface area contributed by atoms with Gasteiger partial charge in [0.2, 0.25) is 5.91 Å². The zero-order valence-electron chi connectivity index (χ0n) is 14.6. The van der Waals surface area contributed by atoms with E-state index in [9.17, 15) is 9.90 Å². The monoisotopic (exact) mass is 354 g/mol. The molecule has 2 N–H and O–H groups in total. The Morgan fingerprint density at radius 2 is 2.23 bits per heavy atom. The summed E-state index contributed by atoms with van der Waals surface area (Å²) in [5, 5.41) is 15.4. The Bertz CT molecular complexity index is 916. The van der Waals surface area contributed by atoms with Crippen LogP contribution in [0, 0.1) is 0 Å². The lowest BCUT2D eigenvalue weighted by molar-refractivity contribution is -0.130. The fourth-order valence-electron chi connectivity index (χ4n) is 3.45. The van der Waals surface area contributed by atoms with Crippen molar-refractivity contribution in [2.24, 2.45) is 7.05 Å². The number of hydrogen-bond donors (Lipinski definition) is 2. The SMILES string of the molecule is Cn1cc(O[C@@H]2CN(C(=O)CCc3c[nH]c4ccccc34)C[C@H]2O)cn1. The quantitative estimate of drug-likeness (QED) is 0.727. The first kappa shape index (κ1) is 16.7. The number of aliphatic hydroxyl groups is 1. The van der Waals surface area contributed by atoms with Crippen molar-refractivity contribution in [1.29, 1.82) is 0 Å². The molecule has 0 unspecified atom stereocenters. The minimum Gasteiger partial charge on any atom is -0.482 e. The number of β-amino-alcohol motifs (C(OH)–C–C–N with tert-alkyl or cyclic N) is 1. The number of nitrogens with one attached hydrogen (secondary N) is 1. The maximum atomic E-state index is 12.6. The number of carbonyl (C=O) groups excluding carboxylic acids is 1. The zero-order valence-corrected chi connectivity index (χ0v) is 14.6. The number of nitrogens with zero attached hydrogens (tertiary/aromatic N) is 3. The smallest absolute Gasteiger partial charge is 0.223 e. The predicted octanol–water partition coefficient (Wildman–Crippen LogP) is 1.48. The number of rotatable bonds is 5. The van der Waals surface area contributed by atoms with Gasteiger partial charge in [0.25, 0.3) is 0 Å². The van der Waals surface area contributed by atoms with Crippen molar-refractivity contribution in [2.75, 3.05) is 13.1 Å². The highest BCUT2D eigenvalue weighted by Gasteiger charge is 2.35. The molecule has 0 saturated carbocycles. The van der Waals surface area contributed by atoms with Crippen LogP contribution in [-0.2, 0) is 18.3 Å². The summed E-state index contributed by atoms with van der Waals surface area (Å²) in [5.41, 5.74) is 2.22. The van der Waals surface area contributed by atoms with Gasteiger partial charge >= 0.3 is 0 Å². The highest BCUT2D eigenvalue weighted by molar-refractivity contribution is 5.84. The lowest BCUT2D eigenvalue weighted by atomic mass is 10.1. The topological polar surface area (TPSA) is 83.4 Å². The van der Waals surface area contributed by atoms with E-state index in [0.29, 0.717) is 31.7 Å². The van der Waals surface area contributed by atoms with Gasteiger partial charge in [-0.2, -0.15) is 5.10 Å². The number of amides is 1. The molecule has 1 saturated heterocycles. The molecule has 1 amide bonds. The molecule has 0 radical (unpaired) electrons. The zero-order chi connectivity index (χ0) is 18.1. The molecule has 2 aromatic heterocycles. The molecule has 1 aliphatic heterocycles. The molecule has 1 aromatic carbocycles. The lowest BCUT2D eigenvalue weighted by Gasteiger charge is -2.16. The van der Waals surface area contributed by atoms with Crippen LogP contribution in [0.1, 0.15) is 12.0 Å². The van der Waals surface area contributed by atoms with E-state index >= 15 is 0 Å². The van der Waals surface area contributed by atoms with E-state index < -0.39 is 12.2 Å². The lowest BCUT2D eigenvalue weighted by Crippen LogP contribution is -2.31. The van der Waals surface area contributed by atoms with E-state index in [0.717, 1.165) is 16.5 Å². The molecule has 7 heteroatoms.